The quantitative estimate of drug-likeness (QED) is 0.839. The zero-order valence-corrected chi connectivity index (χ0v) is 15.6. The first-order valence-corrected chi connectivity index (χ1v) is 9.08. The van der Waals surface area contributed by atoms with Crippen molar-refractivity contribution in [3.05, 3.63) is 59.2 Å². The van der Waals surface area contributed by atoms with Gasteiger partial charge in [-0.2, -0.15) is 0 Å². The molecule has 0 aromatic heterocycles. The molecule has 1 fully saturated rings. The van der Waals surface area contributed by atoms with Crippen LogP contribution < -0.4 is 9.47 Å². The Hall–Kier alpha value is -2.86. The summed E-state index contributed by atoms with van der Waals surface area (Å²) in [6, 6.07) is 14.2. The number of hydrogen-bond donors (Lipinski definition) is 0. The molecule has 0 aliphatic carbocycles. The Kier molecular flexibility index (Phi) is 5.07. The predicted molar refractivity (Wildman–Crippen MR) is 105 cm³/mol. The van der Waals surface area contributed by atoms with Crippen molar-refractivity contribution in [2.75, 3.05) is 40.5 Å². The molecule has 0 bridgehead atoms. The molecular weight excluding hydrogens is 342 g/mol. The number of rotatable bonds is 3. The molecule has 2 aromatic carbocycles. The molecule has 2 aliphatic rings. The minimum absolute atomic E-state index is 0.690. The monoisotopic (exact) mass is 365 g/mol. The fourth-order valence-electron chi connectivity index (χ4n) is 3.46. The third-order valence-corrected chi connectivity index (χ3v) is 4.90. The second kappa shape index (κ2) is 7.80. The van der Waals surface area contributed by atoms with Gasteiger partial charge < -0.3 is 19.1 Å². The highest BCUT2D eigenvalue weighted by atomic mass is 16.5. The Morgan fingerprint density at radius 2 is 1.63 bits per heavy atom. The molecule has 2 heterocycles. The summed E-state index contributed by atoms with van der Waals surface area (Å²) in [5.41, 5.74) is 4.01. The highest BCUT2D eigenvalue weighted by Crippen LogP contribution is 2.33. The van der Waals surface area contributed by atoms with E-state index in [0.717, 1.165) is 41.3 Å². The lowest BCUT2D eigenvalue weighted by Gasteiger charge is -2.29. The van der Waals surface area contributed by atoms with Crippen molar-refractivity contribution in [2.45, 2.75) is 6.42 Å². The highest BCUT2D eigenvalue weighted by Gasteiger charge is 2.24. The third kappa shape index (κ3) is 3.53. The van der Waals surface area contributed by atoms with Gasteiger partial charge in [0.1, 0.15) is 11.5 Å². The Labute approximate surface area is 159 Å². The predicted octanol–water partition coefficient (Wildman–Crippen LogP) is 2.74. The summed E-state index contributed by atoms with van der Waals surface area (Å²) < 4.78 is 16.5. The standard InChI is InChI=1S/C21H23N3O3/c1-25-18-12-16-13-20(24-8-10-27-11-9-24)22-23-21(15-6-4-3-5-7-15)17(16)14-19(18)26-2/h3-7,12,14H,8-11,13H2,1-2H3. The van der Waals surface area contributed by atoms with Crippen LogP contribution in [0.4, 0.5) is 0 Å². The van der Waals surface area contributed by atoms with E-state index in [9.17, 15) is 0 Å². The molecule has 1 saturated heterocycles. The normalized spacial score (nSPS) is 16.7. The lowest BCUT2D eigenvalue weighted by Crippen LogP contribution is -2.41. The molecule has 0 N–H and O–H groups in total. The van der Waals surface area contributed by atoms with E-state index in [0.29, 0.717) is 31.1 Å². The van der Waals surface area contributed by atoms with Crippen LogP contribution in [-0.2, 0) is 11.2 Å². The van der Waals surface area contributed by atoms with E-state index in [1.165, 1.54) is 0 Å². The number of benzene rings is 2. The highest BCUT2D eigenvalue weighted by molar-refractivity contribution is 6.15. The third-order valence-electron chi connectivity index (χ3n) is 4.90. The van der Waals surface area contributed by atoms with Gasteiger partial charge in [-0.3, -0.25) is 0 Å². The van der Waals surface area contributed by atoms with Crippen molar-refractivity contribution >= 4 is 11.5 Å². The summed E-state index contributed by atoms with van der Waals surface area (Å²) in [7, 11) is 3.31. The summed E-state index contributed by atoms with van der Waals surface area (Å²) in [6.45, 7) is 3.09. The average Bonchev–Trinajstić information content (AvgIpc) is 2.93. The number of ether oxygens (including phenoxy) is 3. The molecule has 2 aliphatic heterocycles. The fourth-order valence-corrected chi connectivity index (χ4v) is 3.46. The lowest BCUT2D eigenvalue weighted by atomic mass is 9.95. The Morgan fingerprint density at radius 1 is 0.926 bits per heavy atom. The van der Waals surface area contributed by atoms with Crippen LogP contribution in [0.3, 0.4) is 0 Å². The maximum absolute atomic E-state index is 5.53. The van der Waals surface area contributed by atoms with Gasteiger partial charge in [0.25, 0.3) is 0 Å². The van der Waals surface area contributed by atoms with E-state index in [1.807, 2.05) is 30.3 Å². The van der Waals surface area contributed by atoms with Crippen LogP contribution in [0.2, 0.25) is 0 Å². The van der Waals surface area contributed by atoms with Crippen LogP contribution in [0.1, 0.15) is 16.7 Å². The second-order valence-electron chi connectivity index (χ2n) is 6.47. The zero-order valence-electron chi connectivity index (χ0n) is 15.6. The number of hydrogen-bond acceptors (Lipinski definition) is 6. The van der Waals surface area contributed by atoms with E-state index in [2.05, 4.69) is 27.2 Å². The Morgan fingerprint density at radius 3 is 2.33 bits per heavy atom. The van der Waals surface area contributed by atoms with Crippen molar-refractivity contribution in [3.63, 3.8) is 0 Å². The largest absolute Gasteiger partial charge is 0.493 e. The molecule has 6 heteroatoms. The molecule has 4 rings (SSSR count). The first-order valence-electron chi connectivity index (χ1n) is 9.08. The van der Waals surface area contributed by atoms with E-state index < -0.39 is 0 Å². The number of fused-ring (bicyclic) bond motifs is 1. The van der Waals surface area contributed by atoms with Gasteiger partial charge in [0.2, 0.25) is 0 Å². The molecular formula is C21H23N3O3. The van der Waals surface area contributed by atoms with Gasteiger partial charge in [0, 0.05) is 30.6 Å². The van der Waals surface area contributed by atoms with Crippen LogP contribution in [0.15, 0.2) is 52.7 Å². The van der Waals surface area contributed by atoms with Gasteiger partial charge in [0.15, 0.2) is 11.5 Å². The second-order valence-corrected chi connectivity index (χ2v) is 6.47. The minimum Gasteiger partial charge on any atom is -0.493 e. The van der Waals surface area contributed by atoms with Crippen molar-refractivity contribution in [2.24, 2.45) is 10.2 Å². The minimum atomic E-state index is 0.690. The summed E-state index contributed by atoms with van der Waals surface area (Å²) in [5.74, 6) is 2.36. The Balaban J connectivity index is 1.84. The molecule has 0 saturated carbocycles. The lowest BCUT2D eigenvalue weighted by molar-refractivity contribution is 0.0673. The van der Waals surface area contributed by atoms with Crippen LogP contribution >= 0.6 is 0 Å². The van der Waals surface area contributed by atoms with Gasteiger partial charge in [-0.1, -0.05) is 30.3 Å². The van der Waals surface area contributed by atoms with E-state index in [-0.39, 0.29) is 0 Å². The molecule has 6 nitrogen and oxygen atoms in total. The van der Waals surface area contributed by atoms with Crippen molar-refractivity contribution in [1.29, 1.82) is 0 Å². The molecule has 0 unspecified atom stereocenters. The zero-order chi connectivity index (χ0) is 18.6. The summed E-state index contributed by atoms with van der Waals surface area (Å²) in [4.78, 5) is 2.25. The van der Waals surface area contributed by atoms with E-state index in [4.69, 9.17) is 14.2 Å². The number of methoxy groups -OCH3 is 2. The number of nitrogens with zero attached hydrogens (tertiary/aromatic N) is 3. The SMILES string of the molecule is COc1cc2c(cc1OC)C(c1ccccc1)=NN=C(N1CCOCC1)C2. The maximum Gasteiger partial charge on any atom is 0.161 e. The van der Waals surface area contributed by atoms with Crippen LogP contribution in [0.25, 0.3) is 0 Å². The summed E-state index contributed by atoms with van der Waals surface area (Å²) in [6.07, 6.45) is 0.690. The first kappa shape index (κ1) is 17.5. The molecule has 0 radical (unpaired) electrons. The van der Waals surface area contributed by atoms with Crippen molar-refractivity contribution < 1.29 is 14.2 Å². The number of amidine groups is 1. The molecule has 0 spiro atoms. The van der Waals surface area contributed by atoms with Crippen LogP contribution in [-0.4, -0.2) is 57.0 Å². The molecule has 140 valence electrons. The van der Waals surface area contributed by atoms with Crippen molar-refractivity contribution in [1.82, 2.24) is 4.90 Å². The maximum atomic E-state index is 5.53. The molecule has 0 amide bonds. The fraction of sp³-hybridized carbons (Fsp3) is 0.333. The summed E-state index contributed by atoms with van der Waals surface area (Å²) in [5, 5.41) is 9.27. The van der Waals surface area contributed by atoms with Gasteiger partial charge in [0.05, 0.1) is 27.4 Å². The molecule has 27 heavy (non-hydrogen) atoms. The summed E-state index contributed by atoms with van der Waals surface area (Å²) >= 11 is 0. The molecule has 2 aromatic rings. The van der Waals surface area contributed by atoms with Gasteiger partial charge in [-0.15, -0.1) is 10.2 Å². The van der Waals surface area contributed by atoms with Crippen LogP contribution in [0.5, 0.6) is 11.5 Å². The number of morpholine rings is 1. The van der Waals surface area contributed by atoms with Crippen molar-refractivity contribution in [3.8, 4) is 11.5 Å². The smallest absolute Gasteiger partial charge is 0.161 e. The van der Waals surface area contributed by atoms with Gasteiger partial charge >= 0.3 is 0 Å². The van der Waals surface area contributed by atoms with Crippen LogP contribution in [0, 0.1) is 0 Å². The first-order chi connectivity index (χ1) is 13.3. The van der Waals surface area contributed by atoms with Gasteiger partial charge in [-0.05, 0) is 17.7 Å². The average molecular weight is 365 g/mol. The van der Waals surface area contributed by atoms with Gasteiger partial charge in [-0.25, -0.2) is 0 Å². The van der Waals surface area contributed by atoms with E-state index in [1.54, 1.807) is 14.2 Å². The molecule has 0 atom stereocenters. The Bertz CT molecular complexity index is 872. The topological polar surface area (TPSA) is 55.7 Å². The van der Waals surface area contributed by atoms with E-state index >= 15 is 0 Å².